The second-order valence-electron chi connectivity index (χ2n) is 6.60. The Bertz CT molecular complexity index is 458. The number of piperidine rings is 1. The highest BCUT2D eigenvalue weighted by atomic mass is 16.5. The van der Waals surface area contributed by atoms with Gasteiger partial charge in [0.1, 0.15) is 5.75 Å². The van der Waals surface area contributed by atoms with Crippen molar-refractivity contribution in [2.45, 2.75) is 53.2 Å². The molecule has 0 aromatic heterocycles. The molecule has 20 heavy (non-hydrogen) atoms. The molecular weight excluding hydrogens is 248 g/mol. The van der Waals surface area contributed by atoms with Gasteiger partial charge < -0.3 is 15.4 Å². The van der Waals surface area contributed by atoms with Crippen LogP contribution in [-0.4, -0.2) is 18.7 Å². The molecule has 1 aromatic rings. The Morgan fingerprint density at radius 1 is 1.25 bits per heavy atom. The number of nitrogens with zero attached hydrogens (tertiary/aromatic N) is 1. The van der Waals surface area contributed by atoms with E-state index in [-0.39, 0.29) is 6.10 Å². The SMILES string of the molecule is CC1CC(C)C(C)N(c2ccc(N)c(OC(C)C)c2)C1. The third-order valence-corrected chi connectivity index (χ3v) is 4.29. The monoisotopic (exact) mass is 276 g/mol. The first-order chi connectivity index (χ1) is 9.38. The molecule has 3 unspecified atom stereocenters. The standard InChI is InChI=1S/C17H28N2O/c1-11(2)20-17-9-15(6-7-16(17)18)19-10-12(3)8-13(4)14(19)5/h6-7,9,11-14H,8,10,18H2,1-5H3. The maximum Gasteiger partial charge on any atom is 0.144 e. The number of benzene rings is 1. The van der Waals surface area contributed by atoms with Gasteiger partial charge in [-0.1, -0.05) is 13.8 Å². The van der Waals surface area contributed by atoms with Gasteiger partial charge in [0, 0.05) is 24.3 Å². The van der Waals surface area contributed by atoms with Crippen molar-refractivity contribution in [2.75, 3.05) is 17.2 Å². The third kappa shape index (κ3) is 3.20. The lowest BCUT2D eigenvalue weighted by Gasteiger charge is -2.42. The molecular formula is C17H28N2O. The molecule has 0 bridgehead atoms. The van der Waals surface area contributed by atoms with Gasteiger partial charge in [-0.3, -0.25) is 0 Å². The van der Waals surface area contributed by atoms with Gasteiger partial charge in [0.05, 0.1) is 11.8 Å². The topological polar surface area (TPSA) is 38.5 Å². The summed E-state index contributed by atoms with van der Waals surface area (Å²) in [6, 6.07) is 6.73. The molecule has 0 radical (unpaired) electrons. The molecule has 3 atom stereocenters. The van der Waals surface area contributed by atoms with Crippen molar-refractivity contribution in [1.82, 2.24) is 0 Å². The van der Waals surface area contributed by atoms with Gasteiger partial charge in [0.2, 0.25) is 0 Å². The Morgan fingerprint density at radius 2 is 1.95 bits per heavy atom. The van der Waals surface area contributed by atoms with E-state index < -0.39 is 0 Å². The fourth-order valence-electron chi connectivity index (χ4n) is 3.11. The van der Waals surface area contributed by atoms with E-state index >= 15 is 0 Å². The van der Waals surface area contributed by atoms with Gasteiger partial charge >= 0.3 is 0 Å². The van der Waals surface area contributed by atoms with Crippen LogP contribution < -0.4 is 15.4 Å². The van der Waals surface area contributed by atoms with Gasteiger partial charge in [0.25, 0.3) is 0 Å². The van der Waals surface area contributed by atoms with Crippen LogP contribution in [0.2, 0.25) is 0 Å². The summed E-state index contributed by atoms with van der Waals surface area (Å²) in [5.41, 5.74) is 7.95. The Labute approximate surface area is 123 Å². The van der Waals surface area contributed by atoms with E-state index in [2.05, 4.69) is 37.8 Å². The zero-order chi connectivity index (χ0) is 14.9. The molecule has 1 fully saturated rings. The second-order valence-corrected chi connectivity index (χ2v) is 6.60. The highest BCUT2D eigenvalue weighted by Gasteiger charge is 2.29. The molecule has 0 amide bonds. The maximum absolute atomic E-state index is 6.01. The average Bonchev–Trinajstić information content (AvgIpc) is 2.36. The Morgan fingerprint density at radius 3 is 2.60 bits per heavy atom. The summed E-state index contributed by atoms with van der Waals surface area (Å²) in [4.78, 5) is 2.49. The van der Waals surface area contributed by atoms with Crippen LogP contribution in [0.15, 0.2) is 18.2 Å². The van der Waals surface area contributed by atoms with Gasteiger partial charge in [-0.05, 0) is 51.2 Å². The van der Waals surface area contributed by atoms with Crippen LogP contribution in [0.1, 0.15) is 41.0 Å². The van der Waals surface area contributed by atoms with Gasteiger partial charge in [-0.2, -0.15) is 0 Å². The molecule has 1 aliphatic heterocycles. The third-order valence-electron chi connectivity index (χ3n) is 4.29. The fraction of sp³-hybridized carbons (Fsp3) is 0.647. The van der Waals surface area contributed by atoms with Crippen molar-refractivity contribution in [3.05, 3.63) is 18.2 Å². The summed E-state index contributed by atoms with van der Waals surface area (Å²) >= 11 is 0. The van der Waals surface area contributed by atoms with Gasteiger partial charge in [-0.15, -0.1) is 0 Å². The minimum atomic E-state index is 0.143. The van der Waals surface area contributed by atoms with Crippen molar-refractivity contribution in [3.8, 4) is 5.75 Å². The van der Waals surface area contributed by atoms with Crippen molar-refractivity contribution in [2.24, 2.45) is 11.8 Å². The van der Waals surface area contributed by atoms with E-state index in [4.69, 9.17) is 10.5 Å². The van der Waals surface area contributed by atoms with E-state index in [1.54, 1.807) is 0 Å². The summed E-state index contributed by atoms with van der Waals surface area (Å²) in [6.07, 6.45) is 1.45. The summed E-state index contributed by atoms with van der Waals surface area (Å²) in [5.74, 6) is 2.24. The number of hydrogen-bond donors (Lipinski definition) is 1. The predicted octanol–water partition coefficient (Wildman–Crippen LogP) is 3.93. The van der Waals surface area contributed by atoms with E-state index in [1.807, 2.05) is 19.9 Å². The Hall–Kier alpha value is -1.38. The normalized spacial score (nSPS) is 26.9. The molecule has 3 nitrogen and oxygen atoms in total. The number of nitrogens with two attached hydrogens (primary N) is 1. The number of hydrogen-bond acceptors (Lipinski definition) is 3. The molecule has 2 rings (SSSR count). The van der Waals surface area contributed by atoms with Crippen LogP contribution in [0.4, 0.5) is 11.4 Å². The number of ether oxygens (including phenoxy) is 1. The zero-order valence-electron chi connectivity index (χ0n) is 13.4. The average molecular weight is 276 g/mol. The smallest absolute Gasteiger partial charge is 0.144 e. The lowest BCUT2D eigenvalue weighted by atomic mass is 9.85. The lowest BCUT2D eigenvalue weighted by molar-refractivity contribution is 0.243. The minimum Gasteiger partial charge on any atom is -0.489 e. The van der Waals surface area contributed by atoms with Crippen molar-refractivity contribution in [3.63, 3.8) is 0 Å². The molecule has 0 saturated carbocycles. The highest BCUT2D eigenvalue weighted by molar-refractivity contribution is 5.63. The van der Waals surface area contributed by atoms with Crippen LogP contribution in [-0.2, 0) is 0 Å². The van der Waals surface area contributed by atoms with Crippen LogP contribution in [0.3, 0.4) is 0 Å². The molecule has 0 aliphatic carbocycles. The molecule has 1 aromatic carbocycles. The quantitative estimate of drug-likeness (QED) is 0.850. The predicted molar refractivity (Wildman–Crippen MR) is 86.4 cm³/mol. The number of anilines is 2. The van der Waals surface area contributed by atoms with Crippen LogP contribution in [0, 0.1) is 11.8 Å². The molecule has 1 saturated heterocycles. The Balaban J connectivity index is 2.27. The molecule has 2 N–H and O–H groups in total. The fourth-order valence-corrected chi connectivity index (χ4v) is 3.11. The summed E-state index contributed by atoms with van der Waals surface area (Å²) in [7, 11) is 0. The van der Waals surface area contributed by atoms with Gasteiger partial charge in [-0.25, -0.2) is 0 Å². The summed E-state index contributed by atoms with van der Waals surface area (Å²) in [6.45, 7) is 12.2. The lowest BCUT2D eigenvalue weighted by Crippen LogP contribution is -2.45. The van der Waals surface area contributed by atoms with Crippen molar-refractivity contribution < 1.29 is 4.74 Å². The molecule has 0 spiro atoms. The summed E-state index contributed by atoms with van der Waals surface area (Å²) in [5, 5.41) is 0. The number of nitrogen functional groups attached to an aromatic ring is 1. The largest absolute Gasteiger partial charge is 0.489 e. The first kappa shape index (κ1) is 15.0. The van der Waals surface area contributed by atoms with Gasteiger partial charge in [0.15, 0.2) is 0 Å². The molecule has 1 heterocycles. The minimum absolute atomic E-state index is 0.143. The molecule has 3 heteroatoms. The van der Waals surface area contributed by atoms with Crippen molar-refractivity contribution in [1.29, 1.82) is 0 Å². The molecule has 112 valence electrons. The van der Waals surface area contributed by atoms with Crippen molar-refractivity contribution >= 4 is 11.4 Å². The zero-order valence-corrected chi connectivity index (χ0v) is 13.4. The van der Waals surface area contributed by atoms with E-state index in [0.717, 1.165) is 18.2 Å². The van der Waals surface area contributed by atoms with Crippen LogP contribution in [0.5, 0.6) is 5.75 Å². The molecule has 1 aliphatic rings. The van der Waals surface area contributed by atoms with E-state index in [9.17, 15) is 0 Å². The first-order valence-corrected chi connectivity index (χ1v) is 7.71. The number of rotatable bonds is 3. The maximum atomic E-state index is 6.01. The first-order valence-electron chi connectivity index (χ1n) is 7.71. The van der Waals surface area contributed by atoms with Crippen LogP contribution in [0.25, 0.3) is 0 Å². The second kappa shape index (κ2) is 5.94. The summed E-state index contributed by atoms with van der Waals surface area (Å²) < 4.78 is 5.81. The van der Waals surface area contributed by atoms with E-state index in [1.165, 1.54) is 12.1 Å². The van der Waals surface area contributed by atoms with Crippen LogP contribution >= 0.6 is 0 Å². The Kier molecular flexibility index (Phi) is 4.46. The van der Waals surface area contributed by atoms with E-state index in [0.29, 0.717) is 17.6 Å². The highest BCUT2D eigenvalue weighted by Crippen LogP contribution is 2.35.